The standard InChI is InChI=1S/C19H19N5O4/c1-27-15-5-3-2-4-13(15)18-22-17(23-28-18)12-6-8-24(9-7-12)16-11-20-14(10-21-16)19(25)26/h2-5,10-12H,6-9H2,1H3,(H,25,26). The first kappa shape index (κ1) is 17.9. The van der Waals surface area contributed by atoms with Crippen LogP contribution in [0.1, 0.15) is 35.1 Å². The lowest BCUT2D eigenvalue weighted by atomic mass is 9.96. The molecule has 1 N–H and O–H groups in total. The van der Waals surface area contributed by atoms with Crippen molar-refractivity contribution in [3.05, 3.63) is 48.2 Å². The van der Waals surface area contributed by atoms with E-state index in [1.54, 1.807) is 7.11 Å². The Kier molecular flexibility index (Phi) is 4.88. The minimum absolute atomic E-state index is 0.0608. The van der Waals surface area contributed by atoms with Crippen molar-refractivity contribution >= 4 is 11.8 Å². The normalized spacial score (nSPS) is 14.8. The van der Waals surface area contributed by atoms with Crippen LogP contribution in [0.4, 0.5) is 5.82 Å². The molecule has 28 heavy (non-hydrogen) atoms. The number of aromatic carboxylic acids is 1. The number of aromatic nitrogens is 4. The summed E-state index contributed by atoms with van der Waals surface area (Å²) in [7, 11) is 1.61. The molecule has 0 amide bonds. The van der Waals surface area contributed by atoms with Gasteiger partial charge in [-0.2, -0.15) is 4.98 Å². The van der Waals surface area contributed by atoms with Gasteiger partial charge in [0, 0.05) is 19.0 Å². The highest BCUT2D eigenvalue weighted by atomic mass is 16.5. The Bertz CT molecular complexity index is 964. The van der Waals surface area contributed by atoms with E-state index in [1.807, 2.05) is 24.3 Å². The second-order valence-corrected chi connectivity index (χ2v) is 6.48. The average Bonchev–Trinajstić information content (AvgIpc) is 3.24. The van der Waals surface area contributed by atoms with E-state index in [-0.39, 0.29) is 11.6 Å². The topological polar surface area (TPSA) is 114 Å². The van der Waals surface area contributed by atoms with Crippen molar-refractivity contribution in [1.29, 1.82) is 0 Å². The summed E-state index contributed by atoms with van der Waals surface area (Å²) >= 11 is 0. The number of rotatable bonds is 5. The molecule has 1 fully saturated rings. The number of methoxy groups -OCH3 is 1. The van der Waals surface area contributed by atoms with Gasteiger partial charge in [0.2, 0.25) is 0 Å². The maximum absolute atomic E-state index is 10.9. The molecule has 0 radical (unpaired) electrons. The molecule has 1 aliphatic heterocycles. The second kappa shape index (κ2) is 7.63. The lowest BCUT2D eigenvalue weighted by Crippen LogP contribution is -2.34. The average molecular weight is 381 g/mol. The monoisotopic (exact) mass is 381 g/mol. The lowest BCUT2D eigenvalue weighted by Gasteiger charge is -2.31. The third kappa shape index (κ3) is 3.51. The third-order valence-electron chi connectivity index (χ3n) is 4.82. The fraction of sp³-hybridized carbons (Fsp3) is 0.316. The van der Waals surface area contributed by atoms with Crippen molar-refractivity contribution in [2.45, 2.75) is 18.8 Å². The Hall–Kier alpha value is -3.49. The summed E-state index contributed by atoms with van der Waals surface area (Å²) < 4.78 is 10.8. The molecule has 3 aromatic rings. The number of carboxylic acids is 1. The molecule has 0 saturated carbocycles. The van der Waals surface area contributed by atoms with Crippen molar-refractivity contribution in [2.24, 2.45) is 0 Å². The summed E-state index contributed by atoms with van der Waals surface area (Å²) in [5, 5.41) is 13.1. The zero-order valence-corrected chi connectivity index (χ0v) is 15.3. The Morgan fingerprint density at radius 2 is 2.00 bits per heavy atom. The quantitative estimate of drug-likeness (QED) is 0.712. The molecule has 1 saturated heterocycles. The van der Waals surface area contributed by atoms with Crippen molar-refractivity contribution in [3.8, 4) is 17.2 Å². The van der Waals surface area contributed by atoms with Crippen LogP contribution in [0, 0.1) is 0 Å². The number of para-hydroxylation sites is 1. The van der Waals surface area contributed by atoms with Gasteiger partial charge in [-0.15, -0.1) is 0 Å². The zero-order chi connectivity index (χ0) is 19.5. The van der Waals surface area contributed by atoms with E-state index in [0.29, 0.717) is 23.3 Å². The molecule has 1 aliphatic rings. The largest absolute Gasteiger partial charge is 0.496 e. The zero-order valence-electron chi connectivity index (χ0n) is 15.3. The first-order chi connectivity index (χ1) is 13.7. The molecule has 3 heterocycles. The summed E-state index contributed by atoms with van der Waals surface area (Å²) in [5.41, 5.74) is 0.712. The number of anilines is 1. The number of hydrogen-bond acceptors (Lipinski definition) is 8. The van der Waals surface area contributed by atoms with Crippen LogP contribution in [-0.2, 0) is 0 Å². The minimum Gasteiger partial charge on any atom is -0.496 e. The maximum atomic E-state index is 10.9. The molecule has 9 heteroatoms. The number of piperidine rings is 1. The summed E-state index contributed by atoms with van der Waals surface area (Å²) in [6.45, 7) is 1.51. The van der Waals surface area contributed by atoms with E-state index in [1.165, 1.54) is 12.4 Å². The highest BCUT2D eigenvalue weighted by molar-refractivity contribution is 5.84. The van der Waals surface area contributed by atoms with Gasteiger partial charge in [-0.05, 0) is 25.0 Å². The molecule has 9 nitrogen and oxygen atoms in total. The maximum Gasteiger partial charge on any atom is 0.356 e. The molecule has 1 aromatic carbocycles. The van der Waals surface area contributed by atoms with Gasteiger partial charge in [0.1, 0.15) is 11.6 Å². The first-order valence-corrected chi connectivity index (χ1v) is 8.93. The van der Waals surface area contributed by atoms with Gasteiger partial charge in [-0.3, -0.25) is 0 Å². The fourth-order valence-electron chi connectivity index (χ4n) is 3.29. The summed E-state index contributed by atoms with van der Waals surface area (Å²) in [6.07, 6.45) is 4.46. The van der Waals surface area contributed by atoms with Gasteiger partial charge in [0.15, 0.2) is 11.5 Å². The van der Waals surface area contributed by atoms with Crippen molar-refractivity contribution in [2.75, 3.05) is 25.1 Å². The van der Waals surface area contributed by atoms with Crippen LogP contribution in [0.3, 0.4) is 0 Å². The van der Waals surface area contributed by atoms with Gasteiger partial charge in [0.05, 0.1) is 25.1 Å². The molecular weight excluding hydrogens is 362 g/mol. The van der Waals surface area contributed by atoms with Crippen LogP contribution in [0.15, 0.2) is 41.2 Å². The van der Waals surface area contributed by atoms with E-state index in [9.17, 15) is 4.79 Å². The number of carboxylic acid groups (broad SMARTS) is 1. The van der Waals surface area contributed by atoms with Gasteiger partial charge >= 0.3 is 5.97 Å². The lowest BCUT2D eigenvalue weighted by molar-refractivity contribution is 0.0690. The van der Waals surface area contributed by atoms with Crippen LogP contribution in [0.2, 0.25) is 0 Å². The predicted octanol–water partition coefficient (Wildman–Crippen LogP) is 2.62. The summed E-state index contributed by atoms with van der Waals surface area (Å²) in [4.78, 5) is 25.7. The minimum atomic E-state index is -1.08. The van der Waals surface area contributed by atoms with Gasteiger partial charge in [0.25, 0.3) is 5.89 Å². The van der Waals surface area contributed by atoms with Crippen LogP contribution >= 0.6 is 0 Å². The SMILES string of the molecule is COc1ccccc1-c1nc(C2CCN(c3cnc(C(=O)O)cn3)CC2)no1. The van der Waals surface area contributed by atoms with E-state index in [2.05, 4.69) is 25.0 Å². The van der Waals surface area contributed by atoms with E-state index in [4.69, 9.17) is 14.4 Å². The molecule has 4 rings (SSSR count). The molecular formula is C19H19N5O4. The molecule has 0 aliphatic carbocycles. The number of nitrogens with zero attached hydrogens (tertiary/aromatic N) is 5. The number of hydrogen-bond donors (Lipinski definition) is 1. The molecule has 0 spiro atoms. The first-order valence-electron chi connectivity index (χ1n) is 8.93. The van der Waals surface area contributed by atoms with E-state index in [0.717, 1.165) is 31.5 Å². The number of carbonyl (C=O) groups is 1. The van der Waals surface area contributed by atoms with Gasteiger partial charge in [-0.1, -0.05) is 17.3 Å². The molecule has 0 atom stereocenters. The van der Waals surface area contributed by atoms with Crippen molar-refractivity contribution in [1.82, 2.24) is 20.1 Å². The predicted molar refractivity (Wildman–Crippen MR) is 99.5 cm³/mol. The smallest absolute Gasteiger partial charge is 0.356 e. The van der Waals surface area contributed by atoms with E-state index < -0.39 is 5.97 Å². The Morgan fingerprint density at radius 1 is 1.21 bits per heavy atom. The molecule has 0 bridgehead atoms. The van der Waals surface area contributed by atoms with Crippen LogP contribution in [-0.4, -0.2) is 51.4 Å². The van der Waals surface area contributed by atoms with Crippen LogP contribution in [0.5, 0.6) is 5.75 Å². The summed E-state index contributed by atoms with van der Waals surface area (Å²) in [5.74, 6) is 1.61. The number of ether oxygens (including phenoxy) is 1. The van der Waals surface area contributed by atoms with Gasteiger partial charge in [-0.25, -0.2) is 14.8 Å². The number of benzene rings is 1. The Balaban J connectivity index is 1.43. The fourth-order valence-corrected chi connectivity index (χ4v) is 3.29. The summed E-state index contributed by atoms with van der Waals surface area (Å²) in [6, 6.07) is 7.53. The van der Waals surface area contributed by atoms with Crippen molar-refractivity contribution in [3.63, 3.8) is 0 Å². The highest BCUT2D eigenvalue weighted by Gasteiger charge is 2.26. The Labute approximate surface area is 161 Å². The second-order valence-electron chi connectivity index (χ2n) is 6.48. The highest BCUT2D eigenvalue weighted by Crippen LogP contribution is 2.32. The third-order valence-corrected chi connectivity index (χ3v) is 4.82. The molecule has 144 valence electrons. The van der Waals surface area contributed by atoms with Gasteiger partial charge < -0.3 is 19.3 Å². The van der Waals surface area contributed by atoms with Crippen molar-refractivity contribution < 1.29 is 19.2 Å². The van der Waals surface area contributed by atoms with E-state index >= 15 is 0 Å². The Morgan fingerprint density at radius 3 is 2.68 bits per heavy atom. The molecule has 2 aromatic heterocycles. The van der Waals surface area contributed by atoms with Crippen LogP contribution in [0.25, 0.3) is 11.5 Å². The molecule has 0 unspecified atom stereocenters. The van der Waals surface area contributed by atoms with Crippen LogP contribution < -0.4 is 9.64 Å².